The molecular formula is C24H27IN4O6. The van der Waals surface area contributed by atoms with Crippen molar-refractivity contribution in [2.24, 2.45) is 0 Å². The van der Waals surface area contributed by atoms with Crippen LogP contribution in [0.1, 0.15) is 25.2 Å². The van der Waals surface area contributed by atoms with Gasteiger partial charge in [0.05, 0.1) is 37.8 Å². The van der Waals surface area contributed by atoms with E-state index in [1.807, 2.05) is 63.8 Å². The molecule has 0 fully saturated rings. The second kappa shape index (κ2) is 13.8. The standard InChI is InChI=1S/C12H13IN2O3.C12H14N2O3/c1-2-18-11(16)8-17-7-9-12(13)15-6-4-3-5-10(15)14-9;1-2-17-12(15)9-16-8-10-7-14-6-4-3-5-11(14)13-10/h3-6H,2,7-8H2,1H3;3-7H,2,8-9H2,1H3. The summed E-state index contributed by atoms with van der Waals surface area (Å²) in [5, 5.41) is 0. The predicted molar refractivity (Wildman–Crippen MR) is 136 cm³/mol. The molecule has 0 radical (unpaired) electrons. The topological polar surface area (TPSA) is 106 Å². The average molecular weight is 594 g/mol. The summed E-state index contributed by atoms with van der Waals surface area (Å²) in [5.74, 6) is -0.701. The van der Waals surface area contributed by atoms with Crippen molar-refractivity contribution in [3.63, 3.8) is 0 Å². The lowest BCUT2D eigenvalue weighted by molar-refractivity contribution is -0.149. The number of halogens is 1. The van der Waals surface area contributed by atoms with Crippen LogP contribution >= 0.6 is 22.6 Å². The summed E-state index contributed by atoms with van der Waals surface area (Å²) < 4.78 is 24.9. The van der Waals surface area contributed by atoms with Crippen LogP contribution in [0.3, 0.4) is 0 Å². The molecule has 10 nitrogen and oxygen atoms in total. The molecule has 4 rings (SSSR count). The van der Waals surface area contributed by atoms with Gasteiger partial charge in [0.15, 0.2) is 0 Å². The molecule has 4 aromatic rings. The number of ether oxygens (including phenoxy) is 4. The maximum absolute atomic E-state index is 11.1. The van der Waals surface area contributed by atoms with Crippen molar-refractivity contribution in [1.29, 1.82) is 0 Å². The van der Waals surface area contributed by atoms with E-state index in [2.05, 4.69) is 32.6 Å². The molecule has 4 heterocycles. The molecule has 0 unspecified atom stereocenters. The molecule has 11 heteroatoms. The molecule has 0 aliphatic rings. The van der Waals surface area contributed by atoms with E-state index in [1.165, 1.54) is 0 Å². The van der Waals surface area contributed by atoms with Crippen LogP contribution in [-0.2, 0) is 41.8 Å². The number of carbonyl (C=O) groups is 2. The van der Waals surface area contributed by atoms with Crippen LogP contribution in [0.2, 0.25) is 0 Å². The van der Waals surface area contributed by atoms with Gasteiger partial charge in [-0.2, -0.15) is 0 Å². The molecule has 4 aromatic heterocycles. The van der Waals surface area contributed by atoms with Gasteiger partial charge >= 0.3 is 11.9 Å². The molecule has 0 spiro atoms. The maximum Gasteiger partial charge on any atom is 0.332 e. The molecule has 35 heavy (non-hydrogen) atoms. The Morgan fingerprint density at radius 1 is 0.857 bits per heavy atom. The summed E-state index contributed by atoms with van der Waals surface area (Å²) in [7, 11) is 0. The van der Waals surface area contributed by atoms with Gasteiger partial charge in [-0.15, -0.1) is 0 Å². The lowest BCUT2D eigenvalue weighted by Crippen LogP contribution is -2.12. The van der Waals surface area contributed by atoms with Crippen molar-refractivity contribution in [1.82, 2.24) is 18.8 Å². The first-order valence-corrected chi connectivity index (χ1v) is 12.1. The zero-order valence-electron chi connectivity index (χ0n) is 19.6. The summed E-state index contributed by atoms with van der Waals surface area (Å²) in [4.78, 5) is 30.9. The minimum absolute atomic E-state index is 0.0400. The van der Waals surface area contributed by atoms with E-state index in [0.29, 0.717) is 26.4 Å². The minimum atomic E-state index is -0.351. The van der Waals surface area contributed by atoms with Crippen molar-refractivity contribution < 1.29 is 28.5 Å². The third kappa shape index (κ3) is 8.01. The molecule has 0 bridgehead atoms. The second-order valence-electron chi connectivity index (χ2n) is 7.07. The number of hydrogen-bond acceptors (Lipinski definition) is 8. The second-order valence-corrected chi connectivity index (χ2v) is 8.09. The monoisotopic (exact) mass is 594 g/mol. The van der Waals surface area contributed by atoms with E-state index < -0.39 is 0 Å². The van der Waals surface area contributed by atoms with Crippen molar-refractivity contribution in [3.8, 4) is 0 Å². The number of aromatic nitrogens is 4. The highest BCUT2D eigenvalue weighted by Crippen LogP contribution is 2.15. The van der Waals surface area contributed by atoms with Gasteiger partial charge in [-0.3, -0.25) is 4.40 Å². The summed E-state index contributed by atoms with van der Waals surface area (Å²) in [5.41, 5.74) is 3.35. The zero-order chi connectivity index (χ0) is 25.0. The Hall–Kier alpha value is -3.03. The predicted octanol–water partition coefficient (Wildman–Crippen LogP) is 3.43. The highest BCUT2D eigenvalue weighted by Gasteiger charge is 2.10. The molecule has 0 aromatic carbocycles. The fourth-order valence-electron chi connectivity index (χ4n) is 3.04. The Morgan fingerprint density at radius 3 is 2.11 bits per heavy atom. The highest BCUT2D eigenvalue weighted by atomic mass is 127. The van der Waals surface area contributed by atoms with Gasteiger partial charge in [-0.1, -0.05) is 12.1 Å². The van der Waals surface area contributed by atoms with Crippen LogP contribution in [0.25, 0.3) is 11.3 Å². The van der Waals surface area contributed by atoms with Crippen molar-refractivity contribution in [3.05, 3.63) is 70.1 Å². The van der Waals surface area contributed by atoms with Gasteiger partial charge in [0.2, 0.25) is 0 Å². The van der Waals surface area contributed by atoms with Gasteiger partial charge in [-0.05, 0) is 60.7 Å². The van der Waals surface area contributed by atoms with Gasteiger partial charge in [-0.25, -0.2) is 19.6 Å². The van der Waals surface area contributed by atoms with Gasteiger partial charge in [0, 0.05) is 18.6 Å². The Bertz CT molecular complexity index is 1220. The Morgan fingerprint density at radius 2 is 1.49 bits per heavy atom. The van der Waals surface area contributed by atoms with E-state index in [0.717, 1.165) is 26.4 Å². The minimum Gasteiger partial charge on any atom is -0.464 e. The van der Waals surface area contributed by atoms with E-state index in [4.69, 9.17) is 18.9 Å². The quantitative estimate of drug-likeness (QED) is 0.203. The number of carbonyl (C=O) groups excluding carboxylic acids is 2. The van der Waals surface area contributed by atoms with Crippen molar-refractivity contribution in [2.45, 2.75) is 27.1 Å². The van der Waals surface area contributed by atoms with Gasteiger partial charge in [0.1, 0.15) is 28.2 Å². The number of nitrogens with zero attached hydrogens (tertiary/aromatic N) is 4. The summed E-state index contributed by atoms with van der Waals surface area (Å²) in [6, 6.07) is 11.6. The van der Waals surface area contributed by atoms with E-state index in [9.17, 15) is 9.59 Å². The van der Waals surface area contributed by atoms with Crippen LogP contribution in [-0.4, -0.2) is 57.1 Å². The first-order chi connectivity index (χ1) is 17.0. The fourth-order valence-corrected chi connectivity index (χ4v) is 3.72. The van der Waals surface area contributed by atoms with Crippen molar-refractivity contribution in [2.75, 3.05) is 26.4 Å². The number of esters is 2. The molecule has 0 N–H and O–H groups in total. The largest absolute Gasteiger partial charge is 0.464 e. The summed E-state index contributed by atoms with van der Waals surface area (Å²) in [6.07, 6.45) is 5.73. The third-order valence-electron chi connectivity index (χ3n) is 4.49. The smallest absolute Gasteiger partial charge is 0.332 e. The zero-order valence-corrected chi connectivity index (χ0v) is 21.7. The third-order valence-corrected chi connectivity index (χ3v) is 5.63. The number of hydrogen-bond donors (Lipinski definition) is 0. The van der Waals surface area contributed by atoms with Gasteiger partial charge in [0.25, 0.3) is 0 Å². The Kier molecular flexibility index (Phi) is 10.4. The summed E-state index contributed by atoms with van der Waals surface area (Å²) >= 11 is 2.21. The van der Waals surface area contributed by atoms with Crippen LogP contribution < -0.4 is 0 Å². The first-order valence-electron chi connectivity index (χ1n) is 11.0. The van der Waals surface area contributed by atoms with E-state index in [1.54, 1.807) is 13.8 Å². The number of imidazole rings is 2. The molecular weight excluding hydrogens is 567 g/mol. The van der Waals surface area contributed by atoms with Crippen molar-refractivity contribution >= 4 is 45.8 Å². The lowest BCUT2D eigenvalue weighted by atomic mass is 10.5. The van der Waals surface area contributed by atoms with Crippen LogP contribution in [0, 0.1) is 3.70 Å². The molecule has 0 amide bonds. The summed E-state index contributed by atoms with van der Waals surface area (Å²) in [6.45, 7) is 4.80. The van der Waals surface area contributed by atoms with Crippen LogP contribution in [0.4, 0.5) is 0 Å². The number of pyridine rings is 2. The van der Waals surface area contributed by atoms with Gasteiger partial charge < -0.3 is 23.3 Å². The van der Waals surface area contributed by atoms with E-state index >= 15 is 0 Å². The highest BCUT2D eigenvalue weighted by molar-refractivity contribution is 14.1. The fraction of sp³-hybridized carbons (Fsp3) is 0.333. The van der Waals surface area contributed by atoms with Crippen LogP contribution in [0.15, 0.2) is 55.0 Å². The number of fused-ring (bicyclic) bond motifs is 2. The molecule has 0 saturated heterocycles. The molecule has 0 atom stereocenters. The normalized spacial score (nSPS) is 10.7. The SMILES string of the molecule is CCOC(=O)COCc1cn2ccccc2n1.CCOC(=O)COCc1nc2ccccn2c1I. The molecule has 0 aliphatic heterocycles. The maximum atomic E-state index is 11.1. The van der Waals surface area contributed by atoms with E-state index in [-0.39, 0.29) is 25.2 Å². The molecule has 0 saturated carbocycles. The molecule has 0 aliphatic carbocycles. The lowest BCUT2D eigenvalue weighted by Gasteiger charge is -2.02. The Balaban J connectivity index is 0.000000196. The molecule has 186 valence electrons. The van der Waals surface area contributed by atoms with Crippen LogP contribution in [0.5, 0.6) is 0 Å². The Labute approximate surface area is 216 Å². The number of rotatable bonds is 10. The average Bonchev–Trinajstić information content (AvgIpc) is 3.40. The first kappa shape index (κ1) is 26.6.